The van der Waals surface area contributed by atoms with E-state index in [1.54, 1.807) is 0 Å². The first kappa shape index (κ1) is 14.6. The quantitative estimate of drug-likeness (QED) is 0.618. The molecule has 6 nitrogen and oxygen atoms in total. The number of nitrogens with zero attached hydrogens (tertiary/aromatic N) is 5. The zero-order chi connectivity index (χ0) is 16.4. The number of fused-ring (bicyclic) bond motifs is 1. The molecule has 0 amide bonds. The van der Waals surface area contributed by atoms with Gasteiger partial charge in [0.1, 0.15) is 5.82 Å². The lowest BCUT2D eigenvalue weighted by Crippen LogP contribution is -2.05. The van der Waals surface area contributed by atoms with E-state index in [4.69, 9.17) is 11.6 Å². The summed E-state index contributed by atoms with van der Waals surface area (Å²) in [6.07, 6.45) is 0. The fourth-order valence-corrected chi connectivity index (χ4v) is 2.64. The lowest BCUT2D eigenvalue weighted by Gasteiger charge is -2.11. The van der Waals surface area contributed by atoms with E-state index in [0.29, 0.717) is 18.0 Å². The molecule has 0 aliphatic carbocycles. The second-order valence-corrected chi connectivity index (χ2v) is 5.70. The minimum absolute atomic E-state index is 0.613. The third-order valence-corrected chi connectivity index (χ3v) is 3.95. The normalized spacial score (nSPS) is 10.9. The van der Waals surface area contributed by atoms with E-state index < -0.39 is 0 Å². The fourth-order valence-electron chi connectivity index (χ4n) is 2.52. The molecule has 0 spiro atoms. The van der Waals surface area contributed by atoms with Gasteiger partial charge in [0.05, 0.1) is 0 Å². The van der Waals surface area contributed by atoms with Crippen LogP contribution >= 0.6 is 11.6 Å². The van der Waals surface area contributed by atoms with Crippen LogP contribution in [0.5, 0.6) is 0 Å². The molecule has 4 rings (SSSR count). The summed E-state index contributed by atoms with van der Waals surface area (Å²) in [5.74, 6) is 0.709. The monoisotopic (exact) mass is 336 g/mol. The van der Waals surface area contributed by atoms with Crippen molar-refractivity contribution in [1.29, 1.82) is 0 Å². The van der Waals surface area contributed by atoms with Crippen LogP contribution in [0.1, 0.15) is 5.56 Å². The van der Waals surface area contributed by atoms with Crippen LogP contribution in [0.25, 0.3) is 16.8 Å². The number of benzene rings is 2. The molecule has 0 aliphatic heterocycles. The minimum Gasteiger partial charge on any atom is -0.364 e. The zero-order valence-corrected chi connectivity index (χ0v) is 13.4. The van der Waals surface area contributed by atoms with Gasteiger partial charge in [-0.2, -0.15) is 0 Å². The Balaban J connectivity index is 1.59. The third kappa shape index (κ3) is 2.91. The van der Waals surface area contributed by atoms with Crippen molar-refractivity contribution in [2.24, 2.45) is 0 Å². The van der Waals surface area contributed by atoms with E-state index in [0.717, 1.165) is 16.1 Å². The summed E-state index contributed by atoms with van der Waals surface area (Å²) in [4.78, 5) is 0. The molecular formula is C17H13ClN6. The van der Waals surface area contributed by atoms with Gasteiger partial charge in [0.25, 0.3) is 0 Å². The number of halogens is 1. The summed E-state index contributed by atoms with van der Waals surface area (Å²) in [6, 6.07) is 19.7. The number of hydrogen-bond acceptors (Lipinski definition) is 5. The van der Waals surface area contributed by atoms with Crippen LogP contribution in [0.15, 0.2) is 60.7 Å². The molecule has 0 radical (unpaired) electrons. The Bertz CT molecular complexity index is 980. The van der Waals surface area contributed by atoms with Gasteiger partial charge in [-0.1, -0.05) is 48.0 Å². The molecule has 0 aliphatic rings. The van der Waals surface area contributed by atoms with Crippen LogP contribution in [0.2, 0.25) is 5.02 Å². The number of tetrazole rings is 1. The SMILES string of the molecule is Clc1ccc(-c2ccccc2CNc2ccc3nnnn3n2)cc1. The van der Waals surface area contributed by atoms with Gasteiger partial charge in [0.15, 0.2) is 5.65 Å². The standard InChI is InChI=1S/C17H13ClN6/c18-14-7-5-12(6-8-14)15-4-2-1-3-13(15)11-19-16-9-10-17-20-22-23-24(17)21-16/h1-10H,11H2,(H,19,21). The average Bonchev–Trinajstić information content (AvgIpc) is 3.09. The van der Waals surface area contributed by atoms with E-state index in [1.165, 1.54) is 10.2 Å². The maximum Gasteiger partial charge on any atom is 0.200 e. The van der Waals surface area contributed by atoms with Crippen LogP contribution in [0.4, 0.5) is 5.82 Å². The maximum absolute atomic E-state index is 5.98. The second kappa shape index (κ2) is 6.25. The van der Waals surface area contributed by atoms with Gasteiger partial charge in [-0.05, 0) is 51.4 Å². The minimum atomic E-state index is 0.613. The van der Waals surface area contributed by atoms with Crippen molar-refractivity contribution in [2.45, 2.75) is 6.54 Å². The molecule has 2 heterocycles. The highest BCUT2D eigenvalue weighted by Crippen LogP contribution is 2.25. The topological polar surface area (TPSA) is 68.0 Å². The Hall–Kier alpha value is -2.99. The molecule has 0 atom stereocenters. The molecule has 4 aromatic rings. The van der Waals surface area contributed by atoms with Crippen LogP contribution in [-0.2, 0) is 6.54 Å². The average molecular weight is 337 g/mol. The van der Waals surface area contributed by atoms with Crippen molar-refractivity contribution in [3.05, 3.63) is 71.2 Å². The Morgan fingerprint density at radius 2 is 1.79 bits per heavy atom. The summed E-state index contributed by atoms with van der Waals surface area (Å²) in [6.45, 7) is 0.638. The summed E-state index contributed by atoms with van der Waals surface area (Å²) >= 11 is 5.98. The summed E-state index contributed by atoms with van der Waals surface area (Å²) in [5.41, 5.74) is 4.06. The first-order valence-electron chi connectivity index (χ1n) is 7.43. The molecule has 2 aromatic carbocycles. The molecule has 118 valence electrons. The van der Waals surface area contributed by atoms with Crippen molar-refractivity contribution in [2.75, 3.05) is 5.32 Å². The van der Waals surface area contributed by atoms with Crippen molar-refractivity contribution in [3.8, 4) is 11.1 Å². The molecule has 0 fully saturated rings. The highest BCUT2D eigenvalue weighted by atomic mass is 35.5. The molecule has 0 saturated heterocycles. The number of aromatic nitrogens is 5. The lowest BCUT2D eigenvalue weighted by molar-refractivity contribution is 0.734. The Morgan fingerprint density at radius 1 is 0.958 bits per heavy atom. The Kier molecular flexibility index (Phi) is 3.80. The predicted molar refractivity (Wildman–Crippen MR) is 92.8 cm³/mol. The number of anilines is 1. The lowest BCUT2D eigenvalue weighted by atomic mass is 10.00. The second-order valence-electron chi connectivity index (χ2n) is 5.26. The third-order valence-electron chi connectivity index (χ3n) is 3.70. The van der Waals surface area contributed by atoms with Crippen LogP contribution in [-0.4, -0.2) is 25.3 Å². The van der Waals surface area contributed by atoms with Crippen molar-refractivity contribution in [1.82, 2.24) is 25.3 Å². The molecule has 0 saturated carbocycles. The molecule has 2 aromatic heterocycles. The van der Waals surface area contributed by atoms with Crippen molar-refractivity contribution >= 4 is 23.1 Å². The molecular weight excluding hydrogens is 324 g/mol. The van der Waals surface area contributed by atoms with Crippen molar-refractivity contribution in [3.63, 3.8) is 0 Å². The van der Waals surface area contributed by atoms with Gasteiger partial charge in [0, 0.05) is 11.6 Å². The van der Waals surface area contributed by atoms with Crippen molar-refractivity contribution < 1.29 is 0 Å². The van der Waals surface area contributed by atoms with Gasteiger partial charge < -0.3 is 5.32 Å². The molecule has 0 unspecified atom stereocenters. The maximum atomic E-state index is 5.98. The number of rotatable bonds is 4. The summed E-state index contributed by atoms with van der Waals surface area (Å²) in [5, 5.41) is 19.6. The number of hydrogen-bond donors (Lipinski definition) is 1. The highest BCUT2D eigenvalue weighted by Gasteiger charge is 2.06. The van der Waals surface area contributed by atoms with Gasteiger partial charge in [0.2, 0.25) is 0 Å². The Morgan fingerprint density at radius 3 is 2.67 bits per heavy atom. The molecule has 7 heteroatoms. The van der Waals surface area contributed by atoms with E-state index >= 15 is 0 Å². The summed E-state index contributed by atoms with van der Waals surface area (Å²) < 4.78 is 1.40. The van der Waals surface area contributed by atoms with E-state index in [1.807, 2.05) is 48.5 Å². The largest absolute Gasteiger partial charge is 0.364 e. The van der Waals surface area contributed by atoms with E-state index in [9.17, 15) is 0 Å². The predicted octanol–water partition coefficient (Wildman–Crippen LogP) is 3.45. The number of nitrogens with one attached hydrogen (secondary N) is 1. The Labute approximate surface area is 143 Å². The van der Waals surface area contributed by atoms with E-state index in [2.05, 4.69) is 38.1 Å². The molecule has 1 N–H and O–H groups in total. The zero-order valence-electron chi connectivity index (χ0n) is 12.6. The van der Waals surface area contributed by atoms with Gasteiger partial charge in [-0.15, -0.1) is 14.8 Å². The van der Waals surface area contributed by atoms with Crippen LogP contribution in [0.3, 0.4) is 0 Å². The van der Waals surface area contributed by atoms with Gasteiger partial charge in [-0.25, -0.2) is 0 Å². The summed E-state index contributed by atoms with van der Waals surface area (Å²) in [7, 11) is 0. The van der Waals surface area contributed by atoms with Gasteiger partial charge in [-0.3, -0.25) is 0 Å². The first-order valence-corrected chi connectivity index (χ1v) is 7.80. The first-order chi connectivity index (χ1) is 11.8. The fraction of sp³-hybridized carbons (Fsp3) is 0.0588. The van der Waals surface area contributed by atoms with Crippen LogP contribution in [0, 0.1) is 0 Å². The van der Waals surface area contributed by atoms with E-state index in [-0.39, 0.29) is 0 Å². The highest BCUT2D eigenvalue weighted by molar-refractivity contribution is 6.30. The smallest absolute Gasteiger partial charge is 0.200 e. The van der Waals surface area contributed by atoms with Crippen LogP contribution < -0.4 is 5.32 Å². The van der Waals surface area contributed by atoms with Gasteiger partial charge >= 0.3 is 0 Å². The molecule has 0 bridgehead atoms. The molecule has 24 heavy (non-hydrogen) atoms.